The van der Waals surface area contributed by atoms with Gasteiger partial charge in [-0.2, -0.15) is 0 Å². The number of amides is 1. The molecule has 0 aliphatic heterocycles. The predicted molar refractivity (Wildman–Crippen MR) is 106 cm³/mol. The molecule has 3 rings (SSSR count). The Bertz CT molecular complexity index is 984. The highest BCUT2D eigenvalue weighted by molar-refractivity contribution is 7.89. The molecular weight excluding hydrogens is 380 g/mol. The molecule has 1 amide bonds. The Hall–Kier alpha value is -2.58. The lowest BCUT2D eigenvalue weighted by Crippen LogP contribution is -2.25. The number of anilines is 1. The van der Waals surface area contributed by atoms with Gasteiger partial charge < -0.3 is 14.8 Å². The molecule has 0 atom stereocenters. The van der Waals surface area contributed by atoms with Crippen LogP contribution in [-0.4, -0.2) is 34.1 Å². The van der Waals surface area contributed by atoms with Crippen molar-refractivity contribution in [1.29, 1.82) is 0 Å². The fraction of sp³-hybridized carbons (Fsp3) is 0.350. The van der Waals surface area contributed by atoms with Crippen LogP contribution in [0.5, 0.6) is 11.5 Å². The lowest BCUT2D eigenvalue weighted by atomic mass is 10.2. The number of carbonyl (C=O) groups is 1. The van der Waals surface area contributed by atoms with Gasteiger partial charge in [-0.25, -0.2) is 13.1 Å². The molecule has 1 aliphatic carbocycles. The molecule has 0 bridgehead atoms. The molecule has 150 valence electrons. The van der Waals surface area contributed by atoms with Gasteiger partial charge in [0.25, 0.3) is 5.91 Å². The molecular formula is C20H24N2O5S. The minimum atomic E-state index is -3.52. The highest BCUT2D eigenvalue weighted by Crippen LogP contribution is 2.27. The fourth-order valence-electron chi connectivity index (χ4n) is 2.69. The summed E-state index contributed by atoms with van der Waals surface area (Å²) < 4.78 is 38.0. The summed E-state index contributed by atoms with van der Waals surface area (Å²) in [4.78, 5) is 12.4. The van der Waals surface area contributed by atoms with Crippen LogP contribution >= 0.6 is 0 Å². The first-order valence-electron chi connectivity index (χ1n) is 8.99. The van der Waals surface area contributed by atoms with Gasteiger partial charge >= 0.3 is 0 Å². The van der Waals surface area contributed by atoms with Gasteiger partial charge in [0.2, 0.25) is 10.0 Å². The van der Waals surface area contributed by atoms with Crippen LogP contribution in [0.4, 0.5) is 5.69 Å². The van der Waals surface area contributed by atoms with E-state index in [2.05, 4.69) is 10.0 Å². The number of benzene rings is 2. The first-order valence-corrected chi connectivity index (χ1v) is 10.5. The van der Waals surface area contributed by atoms with Crippen LogP contribution in [0.3, 0.4) is 0 Å². The van der Waals surface area contributed by atoms with Crippen molar-refractivity contribution < 1.29 is 22.7 Å². The first kappa shape index (κ1) is 20.2. The van der Waals surface area contributed by atoms with E-state index in [1.54, 1.807) is 25.1 Å². The first-order chi connectivity index (χ1) is 13.3. The molecule has 1 saturated carbocycles. The van der Waals surface area contributed by atoms with E-state index >= 15 is 0 Å². The molecule has 7 nitrogen and oxygen atoms in total. The van der Waals surface area contributed by atoms with E-state index in [1.807, 2.05) is 19.1 Å². The Morgan fingerprint density at radius 2 is 1.82 bits per heavy atom. The van der Waals surface area contributed by atoms with Crippen molar-refractivity contribution in [2.24, 2.45) is 0 Å². The van der Waals surface area contributed by atoms with E-state index in [0.29, 0.717) is 22.7 Å². The fourth-order valence-corrected chi connectivity index (χ4v) is 4.08. The van der Waals surface area contributed by atoms with Gasteiger partial charge in [-0.15, -0.1) is 0 Å². The highest BCUT2D eigenvalue weighted by Gasteiger charge is 2.28. The smallest absolute Gasteiger partial charge is 0.262 e. The zero-order valence-corrected chi connectivity index (χ0v) is 16.9. The molecule has 0 spiro atoms. The number of carbonyl (C=O) groups excluding carboxylic acids is 1. The van der Waals surface area contributed by atoms with Crippen molar-refractivity contribution in [1.82, 2.24) is 4.72 Å². The lowest BCUT2D eigenvalue weighted by Gasteiger charge is -2.13. The SMILES string of the molecule is COc1ccc(C)cc1NC(=O)COc1ccc(S(=O)(=O)NC2CC2)cc1C. The Morgan fingerprint density at radius 1 is 1.11 bits per heavy atom. The number of hydrogen-bond donors (Lipinski definition) is 2. The number of ether oxygens (including phenoxy) is 2. The van der Waals surface area contributed by atoms with Crippen LogP contribution in [0.2, 0.25) is 0 Å². The molecule has 8 heteroatoms. The summed E-state index contributed by atoms with van der Waals surface area (Å²) >= 11 is 0. The summed E-state index contributed by atoms with van der Waals surface area (Å²) in [6.45, 7) is 3.46. The van der Waals surface area contributed by atoms with Crippen molar-refractivity contribution in [3.63, 3.8) is 0 Å². The highest BCUT2D eigenvalue weighted by atomic mass is 32.2. The van der Waals surface area contributed by atoms with Crippen LogP contribution in [0, 0.1) is 13.8 Å². The largest absolute Gasteiger partial charge is 0.495 e. The third kappa shape index (κ3) is 5.02. The summed E-state index contributed by atoms with van der Waals surface area (Å²) in [6.07, 6.45) is 1.75. The average Bonchev–Trinajstić information content (AvgIpc) is 3.44. The molecule has 2 aromatic rings. The molecule has 2 N–H and O–H groups in total. The maximum Gasteiger partial charge on any atom is 0.262 e. The second kappa shape index (κ2) is 8.20. The van der Waals surface area contributed by atoms with Crippen molar-refractivity contribution >= 4 is 21.6 Å². The van der Waals surface area contributed by atoms with Gasteiger partial charge in [0.1, 0.15) is 11.5 Å². The molecule has 1 fully saturated rings. The monoisotopic (exact) mass is 404 g/mol. The number of nitrogens with one attached hydrogen (secondary N) is 2. The third-order valence-corrected chi connectivity index (χ3v) is 5.86. The number of aryl methyl sites for hydroxylation is 2. The maximum atomic E-state index is 12.3. The topological polar surface area (TPSA) is 93.7 Å². The van der Waals surface area contributed by atoms with E-state index in [4.69, 9.17) is 9.47 Å². The third-order valence-electron chi connectivity index (χ3n) is 4.34. The second-order valence-corrected chi connectivity index (χ2v) is 8.58. The molecule has 0 unspecified atom stereocenters. The van der Waals surface area contributed by atoms with Crippen LogP contribution in [0.25, 0.3) is 0 Å². The summed E-state index contributed by atoms with van der Waals surface area (Å²) in [7, 11) is -1.98. The van der Waals surface area contributed by atoms with Gasteiger partial charge in [0.15, 0.2) is 6.61 Å². The van der Waals surface area contributed by atoms with Gasteiger partial charge in [-0.3, -0.25) is 4.79 Å². The minimum absolute atomic E-state index is 0.0449. The van der Waals surface area contributed by atoms with Crippen LogP contribution in [0.1, 0.15) is 24.0 Å². The van der Waals surface area contributed by atoms with Crippen LogP contribution in [0.15, 0.2) is 41.3 Å². The van der Waals surface area contributed by atoms with E-state index in [-0.39, 0.29) is 23.5 Å². The van der Waals surface area contributed by atoms with Crippen molar-refractivity contribution in [3.8, 4) is 11.5 Å². The maximum absolute atomic E-state index is 12.3. The Labute approximate surface area is 165 Å². The molecule has 28 heavy (non-hydrogen) atoms. The zero-order valence-electron chi connectivity index (χ0n) is 16.1. The van der Waals surface area contributed by atoms with Gasteiger partial charge in [0.05, 0.1) is 17.7 Å². The van der Waals surface area contributed by atoms with Gasteiger partial charge in [-0.1, -0.05) is 6.07 Å². The Kier molecular flexibility index (Phi) is 5.90. The van der Waals surface area contributed by atoms with Gasteiger partial charge in [-0.05, 0) is 68.1 Å². The second-order valence-electron chi connectivity index (χ2n) is 6.86. The zero-order chi connectivity index (χ0) is 20.3. The van der Waals surface area contributed by atoms with E-state index in [1.165, 1.54) is 13.2 Å². The summed E-state index contributed by atoms with van der Waals surface area (Å²) in [5.41, 5.74) is 2.20. The summed E-state index contributed by atoms with van der Waals surface area (Å²) in [5.74, 6) is 0.681. The van der Waals surface area contributed by atoms with E-state index in [0.717, 1.165) is 18.4 Å². The minimum Gasteiger partial charge on any atom is -0.495 e. The number of rotatable bonds is 8. The van der Waals surface area contributed by atoms with Crippen molar-refractivity contribution in [3.05, 3.63) is 47.5 Å². The lowest BCUT2D eigenvalue weighted by molar-refractivity contribution is -0.118. The summed E-state index contributed by atoms with van der Waals surface area (Å²) in [5, 5.41) is 2.76. The summed E-state index contributed by atoms with van der Waals surface area (Å²) in [6, 6.07) is 10.1. The number of sulfonamides is 1. The van der Waals surface area contributed by atoms with Gasteiger partial charge in [0, 0.05) is 6.04 Å². The molecule has 0 heterocycles. The Morgan fingerprint density at radius 3 is 2.46 bits per heavy atom. The molecule has 0 aromatic heterocycles. The molecule has 2 aromatic carbocycles. The van der Waals surface area contributed by atoms with Crippen LogP contribution in [-0.2, 0) is 14.8 Å². The standard InChI is InChI=1S/C20H24N2O5S/c1-13-4-8-19(26-3)17(10-13)21-20(23)12-27-18-9-7-16(11-14(18)2)28(24,25)22-15-5-6-15/h4,7-11,15,22H,5-6,12H2,1-3H3,(H,21,23). The number of hydrogen-bond acceptors (Lipinski definition) is 5. The molecule has 0 saturated heterocycles. The predicted octanol–water partition coefficient (Wildman–Crippen LogP) is 2.77. The normalized spacial score (nSPS) is 13.8. The van der Waals surface area contributed by atoms with Crippen LogP contribution < -0.4 is 19.5 Å². The van der Waals surface area contributed by atoms with Crippen molar-refractivity contribution in [2.75, 3.05) is 19.0 Å². The average molecular weight is 404 g/mol. The molecule has 1 aliphatic rings. The van der Waals surface area contributed by atoms with E-state index in [9.17, 15) is 13.2 Å². The Balaban J connectivity index is 1.63. The van der Waals surface area contributed by atoms with E-state index < -0.39 is 10.0 Å². The quantitative estimate of drug-likeness (QED) is 0.706. The van der Waals surface area contributed by atoms with Crippen molar-refractivity contribution in [2.45, 2.75) is 37.6 Å². The molecule has 0 radical (unpaired) electrons. The number of methoxy groups -OCH3 is 1.